The maximum Gasteiger partial charge on any atom is 0.257 e. The van der Waals surface area contributed by atoms with Crippen LogP contribution in [0.15, 0.2) is 30.5 Å². The first-order chi connectivity index (χ1) is 12.1. The summed E-state index contributed by atoms with van der Waals surface area (Å²) in [5, 5.41) is 14.1. The Labute approximate surface area is 148 Å². The molecule has 2 aromatic rings. The van der Waals surface area contributed by atoms with Gasteiger partial charge in [0.1, 0.15) is 5.75 Å². The molecule has 2 atom stereocenters. The van der Waals surface area contributed by atoms with E-state index in [2.05, 4.69) is 10.00 Å². The number of hydrogen-bond acceptors (Lipinski definition) is 3. The molecule has 0 spiro atoms. The summed E-state index contributed by atoms with van der Waals surface area (Å²) in [5.41, 5.74) is 2.23. The Morgan fingerprint density at radius 1 is 1.20 bits per heavy atom. The Morgan fingerprint density at radius 2 is 2.00 bits per heavy atom. The van der Waals surface area contributed by atoms with E-state index >= 15 is 0 Å². The standard InChI is InChI=1S/C20H25N3O2/c1-22-19(15-7-4-9-16(24)12-15)17(13-21-22)20(25)23-11-5-8-14-6-2-3-10-18(14)23/h4,7,9,12-14,18,24H,2-3,5-6,8,10-11H2,1H3. The number of hydrogen-bond donors (Lipinski definition) is 1. The molecule has 2 heterocycles. The highest BCUT2D eigenvalue weighted by molar-refractivity contribution is 6.00. The summed E-state index contributed by atoms with van der Waals surface area (Å²) in [7, 11) is 1.84. The van der Waals surface area contributed by atoms with Crippen molar-refractivity contribution in [3.8, 4) is 17.0 Å². The van der Waals surface area contributed by atoms with Gasteiger partial charge >= 0.3 is 0 Å². The van der Waals surface area contributed by atoms with Crippen LogP contribution in [-0.2, 0) is 7.05 Å². The molecular formula is C20H25N3O2. The molecule has 2 aliphatic rings. The lowest BCUT2D eigenvalue weighted by molar-refractivity contribution is 0.0391. The van der Waals surface area contributed by atoms with Crippen LogP contribution in [0.1, 0.15) is 48.9 Å². The number of aromatic hydroxyl groups is 1. The number of amides is 1. The number of rotatable bonds is 2. The number of aryl methyl sites for hydroxylation is 1. The Bertz CT molecular complexity index is 781. The molecule has 1 amide bonds. The van der Waals surface area contributed by atoms with Crippen LogP contribution in [0.5, 0.6) is 5.75 Å². The molecule has 1 aliphatic carbocycles. The monoisotopic (exact) mass is 339 g/mol. The van der Waals surface area contributed by atoms with Crippen LogP contribution in [0.4, 0.5) is 0 Å². The van der Waals surface area contributed by atoms with E-state index < -0.39 is 0 Å². The van der Waals surface area contributed by atoms with Gasteiger partial charge in [0.15, 0.2) is 0 Å². The van der Waals surface area contributed by atoms with Crippen molar-refractivity contribution in [3.63, 3.8) is 0 Å². The highest BCUT2D eigenvalue weighted by atomic mass is 16.3. The van der Waals surface area contributed by atoms with Gasteiger partial charge in [0.25, 0.3) is 5.91 Å². The number of phenolic OH excluding ortho intramolecular Hbond substituents is 1. The van der Waals surface area contributed by atoms with E-state index in [0.29, 0.717) is 17.5 Å². The molecule has 25 heavy (non-hydrogen) atoms. The van der Waals surface area contributed by atoms with Gasteiger partial charge in [-0.1, -0.05) is 25.0 Å². The van der Waals surface area contributed by atoms with Gasteiger partial charge < -0.3 is 10.0 Å². The van der Waals surface area contributed by atoms with E-state index in [-0.39, 0.29) is 11.7 Å². The lowest BCUT2D eigenvalue weighted by Crippen LogP contribution is -2.49. The van der Waals surface area contributed by atoms with E-state index in [9.17, 15) is 9.90 Å². The molecule has 5 heteroatoms. The van der Waals surface area contributed by atoms with Crippen molar-refractivity contribution >= 4 is 5.91 Å². The molecule has 1 saturated heterocycles. The number of aromatic nitrogens is 2. The van der Waals surface area contributed by atoms with E-state index in [1.165, 1.54) is 25.7 Å². The average molecular weight is 339 g/mol. The van der Waals surface area contributed by atoms with Crippen LogP contribution >= 0.6 is 0 Å². The third-order valence-corrected chi connectivity index (χ3v) is 5.79. The van der Waals surface area contributed by atoms with E-state index in [4.69, 9.17) is 0 Å². The number of carbonyl (C=O) groups excluding carboxylic acids is 1. The first-order valence-corrected chi connectivity index (χ1v) is 9.27. The van der Waals surface area contributed by atoms with E-state index in [1.807, 2.05) is 13.1 Å². The Kier molecular flexibility index (Phi) is 4.24. The third kappa shape index (κ3) is 2.92. The van der Waals surface area contributed by atoms with Crippen LogP contribution in [0, 0.1) is 5.92 Å². The lowest BCUT2D eigenvalue weighted by atomic mass is 9.78. The summed E-state index contributed by atoms with van der Waals surface area (Å²) in [5.74, 6) is 0.942. The van der Waals surface area contributed by atoms with Crippen LogP contribution in [0.2, 0.25) is 0 Å². The number of fused-ring (bicyclic) bond motifs is 1. The van der Waals surface area contributed by atoms with E-state index in [1.54, 1.807) is 29.1 Å². The van der Waals surface area contributed by atoms with Gasteiger partial charge in [-0.2, -0.15) is 5.10 Å². The number of carbonyl (C=O) groups is 1. The number of benzene rings is 1. The van der Waals surface area contributed by atoms with Gasteiger partial charge in [0.05, 0.1) is 17.5 Å². The second-order valence-corrected chi connectivity index (χ2v) is 7.33. The molecule has 1 aromatic heterocycles. The molecular weight excluding hydrogens is 314 g/mol. The van der Waals surface area contributed by atoms with Crippen molar-refractivity contribution < 1.29 is 9.90 Å². The summed E-state index contributed by atoms with van der Waals surface area (Å²) in [4.78, 5) is 15.5. The normalized spacial score (nSPS) is 23.3. The first-order valence-electron chi connectivity index (χ1n) is 9.27. The zero-order chi connectivity index (χ0) is 17.4. The van der Waals surface area contributed by atoms with Crippen molar-refractivity contribution in [1.29, 1.82) is 0 Å². The van der Waals surface area contributed by atoms with Crippen molar-refractivity contribution in [1.82, 2.24) is 14.7 Å². The van der Waals surface area contributed by atoms with Gasteiger partial charge in [-0.05, 0) is 43.7 Å². The largest absolute Gasteiger partial charge is 0.508 e. The summed E-state index contributed by atoms with van der Waals surface area (Å²) < 4.78 is 1.73. The highest BCUT2D eigenvalue weighted by Crippen LogP contribution is 2.37. The van der Waals surface area contributed by atoms with Crippen LogP contribution in [0.3, 0.4) is 0 Å². The minimum atomic E-state index is 0.0862. The number of likely N-dealkylation sites (tertiary alicyclic amines) is 1. The maximum absolute atomic E-state index is 13.4. The van der Waals surface area contributed by atoms with Crippen LogP contribution < -0.4 is 0 Å². The number of phenols is 1. The van der Waals surface area contributed by atoms with Gasteiger partial charge in [-0.3, -0.25) is 9.48 Å². The predicted molar refractivity (Wildman–Crippen MR) is 96.3 cm³/mol. The Balaban J connectivity index is 1.69. The quantitative estimate of drug-likeness (QED) is 0.910. The second kappa shape index (κ2) is 6.54. The summed E-state index contributed by atoms with van der Waals surface area (Å²) in [6.45, 7) is 0.842. The summed E-state index contributed by atoms with van der Waals surface area (Å²) in [6, 6.07) is 7.41. The molecule has 1 aromatic carbocycles. The van der Waals surface area contributed by atoms with Crippen molar-refractivity contribution in [2.24, 2.45) is 13.0 Å². The zero-order valence-corrected chi connectivity index (χ0v) is 14.7. The molecule has 2 unspecified atom stereocenters. The predicted octanol–water partition coefficient (Wildman–Crippen LogP) is 3.59. The topological polar surface area (TPSA) is 58.4 Å². The molecule has 2 fully saturated rings. The SMILES string of the molecule is Cn1ncc(C(=O)N2CCCC3CCCCC32)c1-c1cccc(O)c1. The average Bonchev–Trinajstić information content (AvgIpc) is 3.02. The molecule has 0 radical (unpaired) electrons. The fourth-order valence-corrected chi connectivity index (χ4v) is 4.62. The first kappa shape index (κ1) is 16.2. The van der Waals surface area contributed by atoms with Crippen LogP contribution in [-0.4, -0.2) is 38.3 Å². The zero-order valence-electron chi connectivity index (χ0n) is 14.7. The smallest absolute Gasteiger partial charge is 0.257 e. The maximum atomic E-state index is 13.4. The van der Waals surface area contributed by atoms with Gasteiger partial charge in [-0.25, -0.2) is 0 Å². The van der Waals surface area contributed by atoms with Crippen molar-refractivity contribution in [2.45, 2.75) is 44.6 Å². The molecule has 1 aliphatic heterocycles. The minimum absolute atomic E-state index is 0.0862. The molecule has 5 nitrogen and oxygen atoms in total. The number of nitrogens with zero attached hydrogens (tertiary/aromatic N) is 3. The molecule has 1 N–H and O–H groups in total. The highest BCUT2D eigenvalue weighted by Gasteiger charge is 2.37. The van der Waals surface area contributed by atoms with Gasteiger partial charge in [0, 0.05) is 25.2 Å². The fourth-order valence-electron chi connectivity index (χ4n) is 4.62. The Morgan fingerprint density at radius 3 is 2.84 bits per heavy atom. The molecule has 4 rings (SSSR count). The second-order valence-electron chi connectivity index (χ2n) is 7.33. The van der Waals surface area contributed by atoms with Crippen molar-refractivity contribution in [3.05, 3.63) is 36.0 Å². The molecule has 132 valence electrons. The fraction of sp³-hybridized carbons (Fsp3) is 0.500. The van der Waals surface area contributed by atoms with Crippen molar-refractivity contribution in [2.75, 3.05) is 6.54 Å². The molecule has 1 saturated carbocycles. The molecule has 0 bridgehead atoms. The van der Waals surface area contributed by atoms with Gasteiger partial charge in [-0.15, -0.1) is 0 Å². The third-order valence-electron chi connectivity index (χ3n) is 5.79. The summed E-state index contributed by atoms with van der Waals surface area (Å²) in [6.07, 6.45) is 8.91. The minimum Gasteiger partial charge on any atom is -0.508 e. The summed E-state index contributed by atoms with van der Waals surface area (Å²) >= 11 is 0. The Hall–Kier alpha value is -2.30. The number of piperidine rings is 1. The lowest BCUT2D eigenvalue weighted by Gasteiger charge is -2.44. The van der Waals surface area contributed by atoms with Crippen LogP contribution in [0.25, 0.3) is 11.3 Å². The van der Waals surface area contributed by atoms with Gasteiger partial charge in [0.2, 0.25) is 0 Å². The van der Waals surface area contributed by atoms with E-state index in [0.717, 1.165) is 30.6 Å².